The fourth-order valence-corrected chi connectivity index (χ4v) is 2.98. The van der Waals surface area contributed by atoms with Crippen LogP contribution < -0.4 is 5.73 Å². The van der Waals surface area contributed by atoms with E-state index in [9.17, 15) is 4.79 Å². The van der Waals surface area contributed by atoms with Gasteiger partial charge in [0, 0.05) is 20.2 Å². The number of aryl methyl sites for hydroxylation is 1. The van der Waals surface area contributed by atoms with Gasteiger partial charge in [-0.15, -0.1) is 0 Å². The first kappa shape index (κ1) is 14.6. The Morgan fingerprint density at radius 1 is 1.21 bits per heavy atom. The third kappa shape index (κ3) is 2.86. The molecule has 19 heavy (non-hydrogen) atoms. The van der Waals surface area contributed by atoms with Crippen LogP contribution in [-0.4, -0.2) is 5.78 Å². The molecule has 0 aromatic heterocycles. The predicted molar refractivity (Wildman–Crippen MR) is 85.9 cm³/mol. The topological polar surface area (TPSA) is 43.1 Å². The fourth-order valence-electron chi connectivity index (χ4n) is 1.74. The number of ketones is 1. The molecule has 0 aliphatic rings. The van der Waals surface area contributed by atoms with Gasteiger partial charge in [0.25, 0.3) is 0 Å². The highest BCUT2D eigenvalue weighted by atomic mass is 79.9. The first-order valence-corrected chi connectivity index (χ1v) is 7.42. The molecule has 2 aromatic carbocycles. The Kier molecular flexibility index (Phi) is 4.33. The van der Waals surface area contributed by atoms with Gasteiger partial charge in [-0.2, -0.15) is 0 Å². The summed E-state index contributed by atoms with van der Waals surface area (Å²) in [5, 5.41) is 0.355. The van der Waals surface area contributed by atoms with E-state index in [1.165, 1.54) is 0 Å². The highest BCUT2D eigenvalue weighted by Crippen LogP contribution is 2.31. The van der Waals surface area contributed by atoms with E-state index in [4.69, 9.17) is 17.3 Å². The Bertz CT molecular complexity index is 650. The quantitative estimate of drug-likeness (QED) is 0.567. The predicted octanol–water partition coefficient (Wildman–Crippen LogP) is 4.99. The highest BCUT2D eigenvalue weighted by molar-refractivity contribution is 9.11. The molecular weight excluding hydrogens is 393 g/mol. The van der Waals surface area contributed by atoms with Gasteiger partial charge in [-0.05, 0) is 36.8 Å². The van der Waals surface area contributed by atoms with Crippen LogP contribution in [0.4, 0.5) is 5.69 Å². The molecule has 0 aliphatic carbocycles. The number of rotatable bonds is 2. The minimum atomic E-state index is -0.198. The summed E-state index contributed by atoms with van der Waals surface area (Å²) in [6.07, 6.45) is 0. The van der Waals surface area contributed by atoms with Crippen LogP contribution in [0.3, 0.4) is 0 Å². The fraction of sp³-hybridized carbons (Fsp3) is 0.0714. The minimum absolute atomic E-state index is 0.198. The second kappa shape index (κ2) is 5.65. The number of benzene rings is 2. The lowest BCUT2D eigenvalue weighted by Gasteiger charge is -2.10. The summed E-state index contributed by atoms with van der Waals surface area (Å²) < 4.78 is 1.59. The number of anilines is 1. The third-order valence-corrected chi connectivity index (χ3v) is 4.59. The Hall–Kier alpha value is -0.840. The van der Waals surface area contributed by atoms with Crippen LogP contribution in [-0.2, 0) is 0 Å². The van der Waals surface area contributed by atoms with Crippen molar-refractivity contribution in [2.75, 3.05) is 5.73 Å². The lowest BCUT2D eigenvalue weighted by molar-refractivity contribution is 0.103. The number of hydrogen-bond acceptors (Lipinski definition) is 2. The zero-order chi connectivity index (χ0) is 14.2. The molecule has 5 heteroatoms. The summed E-state index contributed by atoms with van der Waals surface area (Å²) in [7, 11) is 0. The Morgan fingerprint density at radius 2 is 1.89 bits per heavy atom. The van der Waals surface area contributed by atoms with Crippen LogP contribution >= 0.6 is 43.5 Å². The van der Waals surface area contributed by atoms with Gasteiger partial charge in [0.2, 0.25) is 0 Å². The Labute approximate surface area is 133 Å². The summed E-state index contributed by atoms with van der Waals surface area (Å²) in [5.74, 6) is -0.198. The smallest absolute Gasteiger partial charge is 0.197 e. The monoisotopic (exact) mass is 401 g/mol. The maximum atomic E-state index is 12.6. The standard InChI is InChI=1S/C14H10Br2ClNO/c1-7-5-10(16)8(6-9(7)15)14(19)13-11(17)3-2-4-12(13)18/h2-6H,18H2,1H3. The molecule has 0 saturated carbocycles. The van der Waals surface area contributed by atoms with E-state index in [-0.39, 0.29) is 5.78 Å². The molecule has 2 nitrogen and oxygen atoms in total. The SMILES string of the molecule is Cc1cc(Br)c(C(=O)c2c(N)cccc2Cl)cc1Br. The van der Waals surface area contributed by atoms with E-state index in [0.29, 0.717) is 21.8 Å². The van der Waals surface area contributed by atoms with E-state index >= 15 is 0 Å². The zero-order valence-corrected chi connectivity index (χ0v) is 13.9. The molecule has 98 valence electrons. The number of nitrogen functional groups attached to an aromatic ring is 1. The molecule has 2 aromatic rings. The van der Waals surface area contributed by atoms with Crippen LogP contribution in [0.15, 0.2) is 39.3 Å². The average Bonchev–Trinajstić information content (AvgIpc) is 2.33. The molecule has 0 bridgehead atoms. The van der Waals surface area contributed by atoms with Gasteiger partial charge < -0.3 is 5.73 Å². The molecule has 0 heterocycles. The van der Waals surface area contributed by atoms with Crippen LogP contribution in [0, 0.1) is 6.92 Å². The van der Waals surface area contributed by atoms with Crippen molar-refractivity contribution in [1.82, 2.24) is 0 Å². The van der Waals surface area contributed by atoms with Gasteiger partial charge in [-0.1, -0.05) is 49.5 Å². The average molecular weight is 404 g/mol. The summed E-state index contributed by atoms with van der Waals surface area (Å²) in [6.45, 7) is 1.95. The Morgan fingerprint density at radius 3 is 2.53 bits per heavy atom. The van der Waals surface area contributed by atoms with E-state index < -0.39 is 0 Å². The maximum absolute atomic E-state index is 12.6. The minimum Gasteiger partial charge on any atom is -0.398 e. The maximum Gasteiger partial charge on any atom is 0.197 e. The zero-order valence-electron chi connectivity index (χ0n) is 10.0. The number of carbonyl (C=O) groups excluding carboxylic acids is 1. The molecule has 0 radical (unpaired) electrons. The summed E-state index contributed by atoms with van der Waals surface area (Å²) >= 11 is 12.9. The highest BCUT2D eigenvalue weighted by Gasteiger charge is 2.19. The number of halogens is 3. The Balaban J connectivity index is 2.60. The van der Waals surface area contributed by atoms with E-state index in [2.05, 4.69) is 31.9 Å². The molecular formula is C14H10Br2ClNO. The van der Waals surface area contributed by atoms with E-state index in [0.717, 1.165) is 14.5 Å². The molecule has 0 aliphatic heterocycles. The lowest BCUT2D eigenvalue weighted by atomic mass is 10.0. The summed E-state index contributed by atoms with van der Waals surface area (Å²) in [5.41, 5.74) is 8.12. The van der Waals surface area contributed by atoms with Crippen LogP contribution in [0.2, 0.25) is 5.02 Å². The van der Waals surface area contributed by atoms with Crippen molar-refractivity contribution in [3.63, 3.8) is 0 Å². The second-order valence-electron chi connectivity index (χ2n) is 4.11. The largest absolute Gasteiger partial charge is 0.398 e. The van der Waals surface area contributed by atoms with Crippen molar-refractivity contribution < 1.29 is 4.79 Å². The third-order valence-electron chi connectivity index (χ3n) is 2.77. The number of nitrogens with two attached hydrogens (primary N) is 1. The van der Waals surface area contributed by atoms with Crippen molar-refractivity contribution in [2.45, 2.75) is 6.92 Å². The van der Waals surface area contributed by atoms with E-state index in [1.807, 2.05) is 13.0 Å². The van der Waals surface area contributed by atoms with Crippen molar-refractivity contribution >= 4 is 54.9 Å². The molecule has 0 saturated heterocycles. The van der Waals surface area contributed by atoms with Crippen molar-refractivity contribution in [2.24, 2.45) is 0 Å². The number of hydrogen-bond donors (Lipinski definition) is 1. The first-order chi connectivity index (χ1) is 8.91. The van der Waals surface area contributed by atoms with Gasteiger partial charge in [0.05, 0.1) is 10.6 Å². The molecule has 0 atom stereocenters. The first-order valence-electron chi connectivity index (χ1n) is 5.46. The summed E-state index contributed by atoms with van der Waals surface area (Å²) in [4.78, 5) is 12.6. The molecule has 0 spiro atoms. The second-order valence-corrected chi connectivity index (χ2v) is 6.23. The molecule has 0 unspecified atom stereocenters. The van der Waals surface area contributed by atoms with Gasteiger partial charge in [0.1, 0.15) is 0 Å². The van der Waals surface area contributed by atoms with Gasteiger partial charge in [0.15, 0.2) is 5.78 Å². The molecule has 2 rings (SSSR count). The van der Waals surface area contributed by atoms with Crippen LogP contribution in [0.5, 0.6) is 0 Å². The van der Waals surface area contributed by atoms with Crippen molar-refractivity contribution in [1.29, 1.82) is 0 Å². The lowest BCUT2D eigenvalue weighted by Crippen LogP contribution is -2.07. The van der Waals surface area contributed by atoms with Crippen LogP contribution in [0.25, 0.3) is 0 Å². The summed E-state index contributed by atoms with van der Waals surface area (Å²) in [6, 6.07) is 8.68. The molecule has 0 amide bonds. The van der Waals surface area contributed by atoms with Gasteiger partial charge >= 0.3 is 0 Å². The van der Waals surface area contributed by atoms with Gasteiger partial charge in [-0.3, -0.25) is 4.79 Å². The van der Waals surface area contributed by atoms with E-state index in [1.54, 1.807) is 24.3 Å². The molecule has 2 N–H and O–H groups in total. The van der Waals surface area contributed by atoms with Crippen molar-refractivity contribution in [3.05, 3.63) is 61.0 Å². The van der Waals surface area contributed by atoms with Crippen LogP contribution in [0.1, 0.15) is 21.5 Å². The van der Waals surface area contributed by atoms with Gasteiger partial charge in [-0.25, -0.2) is 0 Å². The normalized spacial score (nSPS) is 10.5. The van der Waals surface area contributed by atoms with Crippen molar-refractivity contribution in [3.8, 4) is 0 Å². The number of carbonyl (C=O) groups is 1. The molecule has 0 fully saturated rings.